The third-order valence-corrected chi connectivity index (χ3v) is 8.34. The number of likely N-dealkylation sites (tertiary alicyclic amines) is 2. The van der Waals surface area contributed by atoms with Gasteiger partial charge in [0, 0.05) is 12.8 Å². The maximum absolute atomic E-state index is 14.4. The molecule has 0 aliphatic carbocycles. The third-order valence-electron chi connectivity index (χ3n) is 8.34. The summed E-state index contributed by atoms with van der Waals surface area (Å²) in [6.07, 6.45) is 0.361. The van der Waals surface area contributed by atoms with Crippen molar-refractivity contribution in [2.24, 2.45) is 0 Å². The molecular formula is C36H40F4N6O4. The Bertz CT molecular complexity index is 1720. The standard InChI is InChI=1S/C36H40F4N6O4/c1-33(2,3)49-31(47)45-19-35(37,38)15-27(45)29-41-17-25(43-29)23-11-7-21(8-12-23)22-9-13-24(14-10-22)26-18-42-30(44-26)28-16-36(39,40)20-46(28)32(48)50-34(4,5)6/h7-14,17-18,27-28H,15-16,19-20H2,1-6H3,(H,41,43)(H,42,44)/t27-,28-/m0/s1. The molecule has 10 nitrogen and oxygen atoms in total. The van der Waals surface area contributed by atoms with Crippen molar-refractivity contribution in [1.82, 2.24) is 29.7 Å². The number of hydrogen-bond donors (Lipinski definition) is 2. The fourth-order valence-corrected chi connectivity index (χ4v) is 6.14. The largest absolute Gasteiger partial charge is 0.444 e. The van der Waals surface area contributed by atoms with Crippen LogP contribution in [0.3, 0.4) is 0 Å². The summed E-state index contributed by atoms with van der Waals surface area (Å²) in [6.45, 7) is 8.59. The number of aromatic amines is 2. The number of nitrogens with one attached hydrogen (secondary N) is 2. The van der Waals surface area contributed by atoms with Crippen molar-refractivity contribution >= 4 is 12.2 Å². The first-order chi connectivity index (χ1) is 23.3. The van der Waals surface area contributed by atoms with Gasteiger partial charge in [0.15, 0.2) is 0 Å². The van der Waals surface area contributed by atoms with Gasteiger partial charge < -0.3 is 19.4 Å². The molecule has 0 saturated carbocycles. The molecule has 2 N–H and O–H groups in total. The second kappa shape index (κ2) is 12.5. The van der Waals surface area contributed by atoms with E-state index in [1.54, 1.807) is 53.9 Å². The lowest BCUT2D eigenvalue weighted by Gasteiger charge is -2.27. The first-order valence-electron chi connectivity index (χ1n) is 16.3. The fourth-order valence-electron chi connectivity index (χ4n) is 6.14. The lowest BCUT2D eigenvalue weighted by Crippen LogP contribution is -2.38. The lowest BCUT2D eigenvalue weighted by molar-refractivity contribution is -0.00248. The van der Waals surface area contributed by atoms with Gasteiger partial charge in [-0.1, -0.05) is 48.5 Å². The molecule has 2 saturated heterocycles. The number of ether oxygens (including phenoxy) is 2. The number of amides is 2. The summed E-state index contributed by atoms with van der Waals surface area (Å²) < 4.78 is 68.4. The SMILES string of the molecule is CC(C)(C)OC(=O)N1CC(F)(F)C[C@H]1c1ncc(-c2ccc(-c3ccc(-c4cnc([C@@H]5CC(F)(F)CN5C(=O)OC(C)(C)C)[nH]4)cc3)cc2)[nH]1. The average Bonchev–Trinajstić information content (AvgIpc) is 3.80. The lowest BCUT2D eigenvalue weighted by atomic mass is 10.0. The summed E-state index contributed by atoms with van der Waals surface area (Å²) in [5.41, 5.74) is 2.95. The number of imidazole rings is 2. The van der Waals surface area contributed by atoms with Gasteiger partial charge in [-0.25, -0.2) is 37.1 Å². The highest BCUT2D eigenvalue weighted by atomic mass is 19.3. The van der Waals surface area contributed by atoms with E-state index in [0.29, 0.717) is 11.4 Å². The average molecular weight is 697 g/mol. The van der Waals surface area contributed by atoms with Crippen LogP contribution in [0.2, 0.25) is 0 Å². The molecule has 4 heterocycles. The number of alkyl halides is 4. The molecular weight excluding hydrogens is 656 g/mol. The second-order valence-corrected chi connectivity index (χ2v) is 14.9. The smallest absolute Gasteiger partial charge is 0.411 e. The Morgan fingerprint density at radius 1 is 0.640 bits per heavy atom. The van der Waals surface area contributed by atoms with Crippen molar-refractivity contribution in [2.75, 3.05) is 13.1 Å². The Morgan fingerprint density at radius 2 is 0.960 bits per heavy atom. The number of H-pyrrole nitrogens is 2. The minimum atomic E-state index is -3.07. The second-order valence-electron chi connectivity index (χ2n) is 14.9. The van der Waals surface area contributed by atoms with Gasteiger partial charge in [0.25, 0.3) is 11.8 Å². The minimum Gasteiger partial charge on any atom is -0.444 e. The molecule has 2 atom stereocenters. The number of carbonyl (C=O) groups excluding carboxylic acids is 2. The van der Waals surface area contributed by atoms with Gasteiger partial charge in [-0.3, -0.25) is 9.80 Å². The zero-order valence-electron chi connectivity index (χ0n) is 28.7. The normalized spacial score (nSPS) is 20.3. The fraction of sp³-hybridized carbons (Fsp3) is 0.444. The van der Waals surface area contributed by atoms with Gasteiger partial charge in [-0.05, 0) is 63.8 Å². The maximum Gasteiger partial charge on any atom is 0.411 e. The van der Waals surface area contributed by atoms with Crippen LogP contribution in [0.5, 0.6) is 0 Å². The number of halogens is 4. The summed E-state index contributed by atoms with van der Waals surface area (Å²) in [6, 6.07) is 13.3. The van der Waals surface area contributed by atoms with Crippen molar-refractivity contribution in [3.05, 3.63) is 72.6 Å². The Labute approximate surface area is 287 Å². The van der Waals surface area contributed by atoms with Crippen LogP contribution in [0.1, 0.15) is 78.1 Å². The molecule has 50 heavy (non-hydrogen) atoms. The highest BCUT2D eigenvalue weighted by molar-refractivity contribution is 5.72. The van der Waals surface area contributed by atoms with Crippen LogP contribution in [0.25, 0.3) is 33.6 Å². The molecule has 2 amide bonds. The van der Waals surface area contributed by atoms with E-state index in [1.165, 1.54) is 0 Å². The predicted octanol–water partition coefficient (Wildman–Crippen LogP) is 8.77. The van der Waals surface area contributed by atoms with Crippen LogP contribution >= 0.6 is 0 Å². The van der Waals surface area contributed by atoms with Crippen molar-refractivity contribution in [2.45, 2.75) is 89.5 Å². The van der Waals surface area contributed by atoms with Gasteiger partial charge in [-0.2, -0.15) is 0 Å². The van der Waals surface area contributed by atoms with Gasteiger partial charge in [0.05, 0.1) is 49.0 Å². The minimum absolute atomic E-state index is 0.254. The molecule has 266 valence electrons. The van der Waals surface area contributed by atoms with Gasteiger partial charge in [0.2, 0.25) is 0 Å². The van der Waals surface area contributed by atoms with Crippen LogP contribution in [-0.2, 0) is 9.47 Å². The summed E-state index contributed by atoms with van der Waals surface area (Å²) >= 11 is 0. The number of hydrogen-bond acceptors (Lipinski definition) is 6. The van der Waals surface area contributed by atoms with Crippen molar-refractivity contribution in [1.29, 1.82) is 0 Å². The zero-order chi connectivity index (χ0) is 36.2. The molecule has 2 aromatic carbocycles. The summed E-state index contributed by atoms with van der Waals surface area (Å²) in [7, 11) is 0. The van der Waals surface area contributed by atoms with Crippen LogP contribution in [0, 0.1) is 0 Å². The van der Waals surface area contributed by atoms with Crippen molar-refractivity contribution in [3.63, 3.8) is 0 Å². The van der Waals surface area contributed by atoms with Crippen LogP contribution in [-0.4, -0.2) is 78.1 Å². The molecule has 0 unspecified atom stereocenters. The molecule has 0 bridgehead atoms. The maximum atomic E-state index is 14.4. The predicted molar refractivity (Wildman–Crippen MR) is 178 cm³/mol. The molecule has 2 aromatic heterocycles. The highest BCUT2D eigenvalue weighted by Gasteiger charge is 2.51. The summed E-state index contributed by atoms with van der Waals surface area (Å²) in [5, 5.41) is 0. The highest BCUT2D eigenvalue weighted by Crippen LogP contribution is 2.43. The monoisotopic (exact) mass is 696 g/mol. The van der Waals surface area contributed by atoms with E-state index < -0.39 is 73.2 Å². The number of rotatable bonds is 5. The summed E-state index contributed by atoms with van der Waals surface area (Å²) in [4.78, 5) is 42.4. The van der Waals surface area contributed by atoms with E-state index in [-0.39, 0.29) is 11.6 Å². The Morgan fingerprint density at radius 3 is 1.28 bits per heavy atom. The van der Waals surface area contributed by atoms with Gasteiger partial charge >= 0.3 is 12.2 Å². The van der Waals surface area contributed by atoms with Crippen LogP contribution in [0.15, 0.2) is 60.9 Å². The molecule has 2 aliphatic heterocycles. The van der Waals surface area contributed by atoms with Crippen LogP contribution in [0.4, 0.5) is 27.2 Å². The van der Waals surface area contributed by atoms with Crippen molar-refractivity contribution in [3.8, 4) is 33.6 Å². The number of benzene rings is 2. The molecule has 2 aliphatic rings. The summed E-state index contributed by atoms with van der Waals surface area (Å²) in [5.74, 6) is -5.63. The quantitative estimate of drug-likeness (QED) is 0.202. The zero-order valence-corrected chi connectivity index (χ0v) is 28.7. The molecule has 2 fully saturated rings. The van der Waals surface area contributed by atoms with E-state index in [2.05, 4.69) is 19.9 Å². The van der Waals surface area contributed by atoms with Crippen molar-refractivity contribution < 1.29 is 36.6 Å². The third kappa shape index (κ3) is 7.79. The molecule has 4 aromatic rings. The van der Waals surface area contributed by atoms with Crippen LogP contribution < -0.4 is 0 Å². The molecule has 14 heteroatoms. The van der Waals surface area contributed by atoms with E-state index in [1.807, 2.05) is 48.5 Å². The molecule has 6 rings (SSSR count). The van der Waals surface area contributed by atoms with Gasteiger partial charge in [0.1, 0.15) is 22.9 Å². The van der Waals surface area contributed by atoms with E-state index in [0.717, 1.165) is 32.1 Å². The topological polar surface area (TPSA) is 116 Å². The van der Waals surface area contributed by atoms with Gasteiger partial charge in [-0.15, -0.1) is 0 Å². The first-order valence-corrected chi connectivity index (χ1v) is 16.3. The first kappa shape index (κ1) is 35.0. The van der Waals surface area contributed by atoms with E-state index in [4.69, 9.17) is 9.47 Å². The molecule has 0 radical (unpaired) electrons. The number of nitrogens with zero attached hydrogens (tertiary/aromatic N) is 4. The Kier molecular flexibility index (Phi) is 8.72. The Balaban J connectivity index is 1.14. The Hall–Kier alpha value is -4.88. The number of aromatic nitrogens is 4. The van der Waals surface area contributed by atoms with E-state index in [9.17, 15) is 27.2 Å². The van der Waals surface area contributed by atoms with E-state index >= 15 is 0 Å². The molecule has 0 spiro atoms. The number of carbonyl (C=O) groups is 2.